The quantitative estimate of drug-likeness (QED) is 0.705. The van der Waals surface area contributed by atoms with E-state index < -0.39 is 5.97 Å². The van der Waals surface area contributed by atoms with Crippen LogP contribution in [0.1, 0.15) is 55.4 Å². The summed E-state index contributed by atoms with van der Waals surface area (Å²) in [5.41, 5.74) is 2.44. The molecule has 7 nitrogen and oxygen atoms in total. The van der Waals surface area contributed by atoms with Crippen molar-refractivity contribution in [3.05, 3.63) is 47.3 Å². The Morgan fingerprint density at radius 3 is 2.44 bits per heavy atom. The van der Waals surface area contributed by atoms with Crippen molar-refractivity contribution in [2.75, 3.05) is 6.61 Å². The second-order valence-corrected chi connectivity index (χ2v) is 6.88. The lowest BCUT2D eigenvalue weighted by Gasteiger charge is -2.15. The fourth-order valence-electron chi connectivity index (χ4n) is 2.83. The highest BCUT2D eigenvalue weighted by molar-refractivity contribution is 5.95. The average molecular weight is 373 g/mol. The lowest BCUT2D eigenvalue weighted by molar-refractivity contribution is -0.139. The Bertz CT molecular complexity index is 781. The zero-order valence-electron chi connectivity index (χ0n) is 16.2. The van der Waals surface area contributed by atoms with Gasteiger partial charge in [-0.3, -0.25) is 9.48 Å². The predicted molar refractivity (Wildman–Crippen MR) is 102 cm³/mol. The van der Waals surface area contributed by atoms with Crippen LogP contribution in [0.4, 0.5) is 0 Å². The number of nitrogens with zero attached hydrogens (tertiary/aromatic N) is 2. The van der Waals surface area contributed by atoms with Crippen LogP contribution < -0.4 is 10.1 Å². The summed E-state index contributed by atoms with van der Waals surface area (Å²) in [5, 5.41) is 16.0. The van der Waals surface area contributed by atoms with Gasteiger partial charge in [-0.1, -0.05) is 32.9 Å². The highest BCUT2D eigenvalue weighted by atomic mass is 16.5. The molecule has 1 unspecified atom stereocenters. The van der Waals surface area contributed by atoms with Crippen LogP contribution >= 0.6 is 0 Å². The number of carboxylic acids is 1. The third-order valence-electron chi connectivity index (χ3n) is 4.16. The number of aliphatic carboxylic acids is 1. The van der Waals surface area contributed by atoms with Crippen LogP contribution in [0.5, 0.6) is 5.75 Å². The number of benzene rings is 1. The first kappa shape index (κ1) is 20.5. The molecule has 1 amide bonds. The van der Waals surface area contributed by atoms with Crippen molar-refractivity contribution in [1.82, 2.24) is 15.1 Å². The molecule has 2 N–H and O–H groups in total. The Hall–Kier alpha value is -2.83. The largest absolute Gasteiger partial charge is 0.482 e. The van der Waals surface area contributed by atoms with Gasteiger partial charge in [-0.15, -0.1) is 0 Å². The second-order valence-electron chi connectivity index (χ2n) is 6.88. The van der Waals surface area contributed by atoms with Crippen molar-refractivity contribution >= 4 is 11.9 Å². The molecule has 1 aromatic carbocycles. The molecule has 0 fully saturated rings. The molecule has 0 aliphatic heterocycles. The highest BCUT2D eigenvalue weighted by Gasteiger charge is 2.19. The predicted octanol–water partition coefficient (Wildman–Crippen LogP) is 3.06. The summed E-state index contributed by atoms with van der Waals surface area (Å²) < 4.78 is 7.02. The van der Waals surface area contributed by atoms with Gasteiger partial charge in [0.15, 0.2) is 6.61 Å². The Morgan fingerprint density at radius 1 is 1.22 bits per heavy atom. The molecule has 0 saturated heterocycles. The number of rotatable bonds is 9. The molecular weight excluding hydrogens is 346 g/mol. The molecule has 0 aliphatic rings. The summed E-state index contributed by atoms with van der Waals surface area (Å²) in [6.07, 6.45) is 2.37. The summed E-state index contributed by atoms with van der Waals surface area (Å²) in [4.78, 5) is 23.2. The van der Waals surface area contributed by atoms with Crippen molar-refractivity contribution in [2.24, 2.45) is 5.92 Å². The highest BCUT2D eigenvalue weighted by Crippen LogP contribution is 2.19. The van der Waals surface area contributed by atoms with E-state index in [0.29, 0.717) is 17.2 Å². The van der Waals surface area contributed by atoms with Crippen LogP contribution in [-0.4, -0.2) is 33.4 Å². The lowest BCUT2D eigenvalue weighted by Crippen LogP contribution is -2.27. The van der Waals surface area contributed by atoms with Gasteiger partial charge in [-0.2, -0.15) is 5.10 Å². The zero-order chi connectivity index (χ0) is 20.0. The van der Waals surface area contributed by atoms with Gasteiger partial charge in [0, 0.05) is 6.54 Å². The van der Waals surface area contributed by atoms with Crippen molar-refractivity contribution in [2.45, 2.75) is 46.7 Å². The van der Waals surface area contributed by atoms with Crippen molar-refractivity contribution < 1.29 is 19.4 Å². The fourth-order valence-corrected chi connectivity index (χ4v) is 2.83. The van der Waals surface area contributed by atoms with Gasteiger partial charge in [0.2, 0.25) is 0 Å². The van der Waals surface area contributed by atoms with Crippen LogP contribution in [0.3, 0.4) is 0 Å². The van der Waals surface area contributed by atoms with Crippen LogP contribution in [-0.2, 0) is 17.8 Å². The minimum Gasteiger partial charge on any atom is -0.482 e. The number of nitrogens with one attached hydrogen (secondary N) is 1. The first-order valence-corrected chi connectivity index (χ1v) is 9.11. The van der Waals surface area contributed by atoms with E-state index in [1.54, 1.807) is 18.3 Å². The first-order valence-electron chi connectivity index (χ1n) is 9.11. The summed E-state index contributed by atoms with van der Waals surface area (Å²) >= 11 is 0. The summed E-state index contributed by atoms with van der Waals surface area (Å²) in [6, 6.07) is 6.80. The number of hydrogen-bond donors (Lipinski definition) is 2. The standard InChI is InChI=1S/C20H27N3O4/c1-5-18-17(10-21-23(18)11-13(2)3)20(26)22-14(4)15-6-8-16(9-7-15)27-12-19(24)25/h6-10,13-14H,5,11-12H2,1-4H3,(H,22,26)(H,24,25). The van der Waals surface area contributed by atoms with E-state index in [1.165, 1.54) is 0 Å². The SMILES string of the molecule is CCc1c(C(=O)NC(C)c2ccc(OCC(=O)O)cc2)cnn1CC(C)C. The van der Waals surface area contributed by atoms with Crippen LogP contribution in [0.25, 0.3) is 0 Å². The maximum absolute atomic E-state index is 12.7. The summed E-state index contributed by atoms with van der Waals surface area (Å²) in [5.74, 6) is -0.250. The number of carbonyl (C=O) groups is 2. The lowest BCUT2D eigenvalue weighted by atomic mass is 10.1. The molecule has 27 heavy (non-hydrogen) atoms. The summed E-state index contributed by atoms with van der Waals surface area (Å²) in [7, 11) is 0. The number of carboxylic acid groups (broad SMARTS) is 1. The van der Waals surface area contributed by atoms with Crippen LogP contribution in [0.15, 0.2) is 30.5 Å². The average Bonchev–Trinajstić information content (AvgIpc) is 3.02. The number of ether oxygens (including phenoxy) is 1. The first-order chi connectivity index (χ1) is 12.8. The van der Waals surface area contributed by atoms with Crippen LogP contribution in [0.2, 0.25) is 0 Å². The van der Waals surface area contributed by atoms with Gasteiger partial charge >= 0.3 is 5.97 Å². The second kappa shape index (κ2) is 9.21. The molecule has 0 spiro atoms. The molecule has 7 heteroatoms. The topological polar surface area (TPSA) is 93.4 Å². The van der Waals surface area contributed by atoms with E-state index in [4.69, 9.17) is 9.84 Å². The molecule has 1 aromatic heterocycles. The van der Waals surface area contributed by atoms with E-state index in [-0.39, 0.29) is 18.6 Å². The van der Waals surface area contributed by atoms with Gasteiger partial charge in [-0.05, 0) is 37.0 Å². The van der Waals surface area contributed by atoms with E-state index in [2.05, 4.69) is 24.3 Å². The normalized spacial score (nSPS) is 12.0. The molecule has 1 atom stereocenters. The smallest absolute Gasteiger partial charge is 0.341 e. The fraction of sp³-hybridized carbons (Fsp3) is 0.450. The Morgan fingerprint density at radius 2 is 1.89 bits per heavy atom. The summed E-state index contributed by atoms with van der Waals surface area (Å²) in [6.45, 7) is 8.55. The Labute approximate surface area is 159 Å². The number of aromatic nitrogens is 2. The third-order valence-corrected chi connectivity index (χ3v) is 4.16. The van der Waals surface area contributed by atoms with Gasteiger partial charge in [0.05, 0.1) is 23.5 Å². The molecule has 0 bridgehead atoms. The Kier molecular flexibility index (Phi) is 6.98. The minimum absolute atomic E-state index is 0.152. The number of amides is 1. The zero-order valence-corrected chi connectivity index (χ0v) is 16.2. The minimum atomic E-state index is -1.02. The van der Waals surface area contributed by atoms with Gasteiger partial charge in [0.25, 0.3) is 5.91 Å². The molecule has 1 heterocycles. The Balaban J connectivity index is 2.05. The van der Waals surface area contributed by atoms with E-state index in [0.717, 1.165) is 24.2 Å². The van der Waals surface area contributed by atoms with Gasteiger partial charge < -0.3 is 15.2 Å². The van der Waals surface area contributed by atoms with Gasteiger partial charge in [0.1, 0.15) is 5.75 Å². The van der Waals surface area contributed by atoms with E-state index in [9.17, 15) is 9.59 Å². The molecule has 0 saturated carbocycles. The molecule has 0 aliphatic carbocycles. The van der Waals surface area contributed by atoms with Crippen molar-refractivity contribution in [1.29, 1.82) is 0 Å². The molecule has 0 radical (unpaired) electrons. The van der Waals surface area contributed by atoms with E-state index >= 15 is 0 Å². The molecular formula is C20H27N3O4. The van der Waals surface area contributed by atoms with Crippen molar-refractivity contribution in [3.8, 4) is 5.75 Å². The van der Waals surface area contributed by atoms with E-state index in [1.807, 2.05) is 30.7 Å². The third kappa shape index (κ3) is 5.57. The van der Waals surface area contributed by atoms with Gasteiger partial charge in [-0.25, -0.2) is 4.79 Å². The maximum Gasteiger partial charge on any atom is 0.341 e. The molecule has 2 aromatic rings. The molecule has 146 valence electrons. The van der Waals surface area contributed by atoms with Crippen LogP contribution in [0, 0.1) is 5.92 Å². The number of carbonyl (C=O) groups excluding carboxylic acids is 1. The van der Waals surface area contributed by atoms with Crippen molar-refractivity contribution in [3.63, 3.8) is 0 Å². The molecule has 2 rings (SSSR count). The number of hydrogen-bond acceptors (Lipinski definition) is 4. The monoisotopic (exact) mass is 373 g/mol. The maximum atomic E-state index is 12.7.